The average Bonchev–Trinajstić information content (AvgIpc) is 2.78. The molecule has 1 aromatic rings. The van der Waals surface area contributed by atoms with Crippen molar-refractivity contribution >= 4 is 17.3 Å². The van der Waals surface area contributed by atoms with Gasteiger partial charge in [-0.3, -0.25) is 10.1 Å². The first-order valence-electron chi connectivity index (χ1n) is 5.36. The van der Waals surface area contributed by atoms with Crippen molar-refractivity contribution < 1.29 is 14.4 Å². The fourth-order valence-corrected chi connectivity index (χ4v) is 1.98. The molecule has 1 aromatic carbocycles. The number of ether oxygens (including phenoxy) is 2. The molecule has 2 rings (SSSR count). The molecule has 0 aromatic heterocycles. The van der Waals surface area contributed by atoms with E-state index in [0.717, 1.165) is 19.4 Å². The number of nitro benzene ring substituents is 1. The standard InChI is InChI=1S/C11H12ClNO4/c12-9-4-1-5-10(11(9)13(14)15)17-7-8-3-2-6-16-8/h1,4-5,8H,2-3,6-7H2. The highest BCUT2D eigenvalue weighted by molar-refractivity contribution is 6.32. The lowest BCUT2D eigenvalue weighted by Crippen LogP contribution is -2.16. The summed E-state index contributed by atoms with van der Waals surface area (Å²) in [5, 5.41) is 10.9. The maximum absolute atomic E-state index is 10.8. The molecule has 0 bridgehead atoms. The Kier molecular flexibility index (Phi) is 3.81. The van der Waals surface area contributed by atoms with E-state index in [2.05, 4.69) is 0 Å². The minimum Gasteiger partial charge on any atom is -0.484 e. The number of halogens is 1. The second-order valence-corrected chi connectivity index (χ2v) is 4.20. The van der Waals surface area contributed by atoms with Gasteiger partial charge in [0.1, 0.15) is 11.6 Å². The Labute approximate surface area is 103 Å². The van der Waals surface area contributed by atoms with Gasteiger partial charge in [0, 0.05) is 6.61 Å². The lowest BCUT2D eigenvalue weighted by molar-refractivity contribution is -0.385. The molecule has 1 aliphatic rings. The van der Waals surface area contributed by atoms with Gasteiger partial charge in [-0.05, 0) is 25.0 Å². The van der Waals surface area contributed by atoms with Gasteiger partial charge in [-0.1, -0.05) is 17.7 Å². The molecule has 6 heteroatoms. The average molecular weight is 258 g/mol. The first-order chi connectivity index (χ1) is 8.18. The zero-order valence-electron chi connectivity index (χ0n) is 9.10. The third kappa shape index (κ3) is 2.87. The summed E-state index contributed by atoms with van der Waals surface area (Å²) in [5.74, 6) is 0.193. The Morgan fingerprint density at radius 2 is 2.41 bits per heavy atom. The van der Waals surface area contributed by atoms with Crippen LogP contribution in [0.3, 0.4) is 0 Å². The first kappa shape index (κ1) is 12.1. The summed E-state index contributed by atoms with van der Waals surface area (Å²) in [7, 11) is 0. The van der Waals surface area contributed by atoms with E-state index in [4.69, 9.17) is 21.1 Å². The Balaban J connectivity index is 2.09. The van der Waals surface area contributed by atoms with Crippen molar-refractivity contribution in [1.82, 2.24) is 0 Å². The number of hydrogen-bond acceptors (Lipinski definition) is 4. The number of benzene rings is 1. The number of para-hydroxylation sites is 1. The van der Waals surface area contributed by atoms with Crippen LogP contribution >= 0.6 is 11.6 Å². The number of nitrogens with zero attached hydrogens (tertiary/aromatic N) is 1. The van der Waals surface area contributed by atoms with E-state index < -0.39 is 4.92 Å². The molecule has 0 N–H and O–H groups in total. The van der Waals surface area contributed by atoms with E-state index in [0.29, 0.717) is 6.61 Å². The monoisotopic (exact) mass is 257 g/mol. The lowest BCUT2D eigenvalue weighted by atomic mass is 10.2. The van der Waals surface area contributed by atoms with Gasteiger partial charge in [-0.15, -0.1) is 0 Å². The summed E-state index contributed by atoms with van der Waals surface area (Å²) in [4.78, 5) is 10.3. The fourth-order valence-electron chi connectivity index (χ4n) is 1.75. The summed E-state index contributed by atoms with van der Waals surface area (Å²) in [6.07, 6.45) is 1.95. The second kappa shape index (κ2) is 5.33. The third-order valence-corrected chi connectivity index (χ3v) is 2.89. The third-order valence-electron chi connectivity index (χ3n) is 2.58. The van der Waals surface area contributed by atoms with Gasteiger partial charge in [-0.2, -0.15) is 0 Å². The molecule has 1 unspecified atom stereocenters. The number of rotatable bonds is 4. The van der Waals surface area contributed by atoms with Crippen LogP contribution in [0.1, 0.15) is 12.8 Å². The SMILES string of the molecule is O=[N+]([O-])c1c(Cl)cccc1OCC1CCCO1. The van der Waals surface area contributed by atoms with Crippen molar-refractivity contribution in [1.29, 1.82) is 0 Å². The second-order valence-electron chi connectivity index (χ2n) is 3.79. The van der Waals surface area contributed by atoms with Crippen LogP contribution in [0.2, 0.25) is 5.02 Å². The van der Waals surface area contributed by atoms with E-state index >= 15 is 0 Å². The summed E-state index contributed by atoms with van der Waals surface area (Å²) >= 11 is 5.77. The highest BCUT2D eigenvalue weighted by atomic mass is 35.5. The van der Waals surface area contributed by atoms with E-state index in [1.165, 1.54) is 6.07 Å². The topological polar surface area (TPSA) is 61.6 Å². The van der Waals surface area contributed by atoms with Crippen molar-refractivity contribution in [2.45, 2.75) is 18.9 Å². The molecule has 1 fully saturated rings. The van der Waals surface area contributed by atoms with Gasteiger partial charge in [0.15, 0.2) is 5.75 Å². The zero-order chi connectivity index (χ0) is 12.3. The largest absolute Gasteiger partial charge is 0.484 e. The van der Waals surface area contributed by atoms with Gasteiger partial charge < -0.3 is 9.47 Å². The normalized spacial score (nSPS) is 19.2. The molecule has 0 spiro atoms. The summed E-state index contributed by atoms with van der Waals surface area (Å²) < 4.78 is 10.8. The highest BCUT2D eigenvalue weighted by Gasteiger charge is 2.22. The lowest BCUT2D eigenvalue weighted by Gasteiger charge is -2.11. The molecule has 92 valence electrons. The maximum Gasteiger partial charge on any atom is 0.329 e. The summed E-state index contributed by atoms with van der Waals surface area (Å²) in [6, 6.07) is 4.64. The van der Waals surface area contributed by atoms with Crippen molar-refractivity contribution in [2.75, 3.05) is 13.2 Å². The highest BCUT2D eigenvalue weighted by Crippen LogP contribution is 2.34. The van der Waals surface area contributed by atoms with Gasteiger partial charge in [0.2, 0.25) is 0 Å². The van der Waals surface area contributed by atoms with Gasteiger partial charge >= 0.3 is 5.69 Å². The Morgan fingerprint density at radius 3 is 3.06 bits per heavy atom. The smallest absolute Gasteiger partial charge is 0.329 e. The zero-order valence-corrected chi connectivity index (χ0v) is 9.85. The van der Waals surface area contributed by atoms with Crippen LogP contribution in [0.5, 0.6) is 5.75 Å². The van der Waals surface area contributed by atoms with Crippen LogP contribution in [0, 0.1) is 10.1 Å². The molecule has 17 heavy (non-hydrogen) atoms. The van der Waals surface area contributed by atoms with Gasteiger partial charge in [-0.25, -0.2) is 0 Å². The molecule has 0 aliphatic carbocycles. The summed E-state index contributed by atoms with van der Waals surface area (Å²) in [6.45, 7) is 1.05. The molecule has 0 saturated carbocycles. The Morgan fingerprint density at radius 1 is 1.59 bits per heavy atom. The minimum absolute atomic E-state index is 0.0218. The number of hydrogen-bond donors (Lipinski definition) is 0. The summed E-state index contributed by atoms with van der Waals surface area (Å²) in [5.41, 5.74) is -0.188. The molecule has 0 amide bonds. The molecular formula is C11H12ClNO4. The van der Waals surface area contributed by atoms with Crippen LogP contribution in [-0.2, 0) is 4.74 Å². The Bertz CT molecular complexity index is 418. The van der Waals surface area contributed by atoms with Gasteiger partial charge in [0.25, 0.3) is 0 Å². The molecular weight excluding hydrogens is 246 g/mol. The molecule has 1 saturated heterocycles. The Hall–Kier alpha value is -1.33. The quantitative estimate of drug-likeness (QED) is 0.615. The van der Waals surface area contributed by atoms with Crippen LogP contribution in [0.25, 0.3) is 0 Å². The van der Waals surface area contributed by atoms with Crippen molar-refractivity contribution in [3.05, 3.63) is 33.3 Å². The molecule has 1 aliphatic heterocycles. The van der Waals surface area contributed by atoms with Crippen LogP contribution in [-0.4, -0.2) is 24.2 Å². The molecule has 1 atom stereocenters. The van der Waals surface area contributed by atoms with Crippen molar-refractivity contribution in [3.63, 3.8) is 0 Å². The van der Waals surface area contributed by atoms with Crippen LogP contribution in [0.15, 0.2) is 18.2 Å². The van der Waals surface area contributed by atoms with Crippen LogP contribution < -0.4 is 4.74 Å². The van der Waals surface area contributed by atoms with E-state index in [9.17, 15) is 10.1 Å². The fraction of sp³-hybridized carbons (Fsp3) is 0.455. The molecule has 0 radical (unpaired) electrons. The predicted octanol–water partition coefficient (Wildman–Crippen LogP) is 2.81. The van der Waals surface area contributed by atoms with Crippen molar-refractivity contribution in [2.24, 2.45) is 0 Å². The maximum atomic E-state index is 10.8. The van der Waals surface area contributed by atoms with Crippen LogP contribution in [0.4, 0.5) is 5.69 Å². The van der Waals surface area contributed by atoms with Gasteiger partial charge in [0.05, 0.1) is 11.0 Å². The molecule has 5 nitrogen and oxygen atoms in total. The first-order valence-corrected chi connectivity index (χ1v) is 5.73. The number of nitro groups is 1. The van der Waals surface area contributed by atoms with E-state index in [1.807, 2.05) is 0 Å². The molecule has 1 heterocycles. The van der Waals surface area contributed by atoms with E-state index in [1.54, 1.807) is 12.1 Å². The minimum atomic E-state index is -0.535. The predicted molar refractivity (Wildman–Crippen MR) is 62.6 cm³/mol. The van der Waals surface area contributed by atoms with Crippen molar-refractivity contribution in [3.8, 4) is 5.75 Å². The van der Waals surface area contributed by atoms with E-state index in [-0.39, 0.29) is 22.6 Å².